The van der Waals surface area contributed by atoms with E-state index in [1.807, 2.05) is 30.3 Å². The molecule has 0 radical (unpaired) electrons. The molecule has 24 heavy (non-hydrogen) atoms. The van der Waals surface area contributed by atoms with Crippen LogP contribution in [0.5, 0.6) is 0 Å². The zero-order chi connectivity index (χ0) is 17.0. The molecule has 2 saturated heterocycles. The second-order valence-corrected chi connectivity index (χ2v) is 9.13. The maximum atomic E-state index is 12.6. The third kappa shape index (κ3) is 4.26. The average Bonchev–Trinajstić information content (AvgIpc) is 2.77. The summed E-state index contributed by atoms with van der Waals surface area (Å²) in [6.45, 7) is 3.63. The molecule has 0 amide bonds. The Kier molecular flexibility index (Phi) is 5.42. The molecule has 1 aromatic rings. The van der Waals surface area contributed by atoms with E-state index in [1.54, 1.807) is 10.4 Å². The lowest BCUT2D eigenvalue weighted by Crippen LogP contribution is -2.42. The van der Waals surface area contributed by atoms with Crippen LogP contribution in [0, 0.1) is 5.41 Å². The van der Waals surface area contributed by atoms with Crippen molar-refractivity contribution >= 4 is 16.1 Å². The summed E-state index contributed by atoms with van der Waals surface area (Å²) in [7, 11) is -1.13. The summed E-state index contributed by atoms with van der Waals surface area (Å²) in [6.07, 6.45) is 7.37. The van der Waals surface area contributed by atoms with Gasteiger partial charge in [0.2, 0.25) is 10.0 Å². The Bertz CT molecular complexity index is 662. The first-order valence-electron chi connectivity index (χ1n) is 8.91. The minimum atomic E-state index is -3.31. The summed E-state index contributed by atoms with van der Waals surface area (Å²) >= 11 is 0. The Morgan fingerprint density at radius 1 is 0.958 bits per heavy atom. The number of hydrogen-bond donors (Lipinski definition) is 0. The molecule has 0 bridgehead atoms. The number of sulfonamides is 1. The van der Waals surface area contributed by atoms with Crippen LogP contribution < -0.4 is 0 Å². The number of hydrogen-bond acceptors (Lipinski definition) is 3. The van der Waals surface area contributed by atoms with E-state index in [0.29, 0.717) is 18.5 Å². The molecule has 5 heteroatoms. The van der Waals surface area contributed by atoms with Crippen LogP contribution in [-0.4, -0.2) is 50.8 Å². The second-order valence-electron chi connectivity index (χ2n) is 7.31. The fourth-order valence-corrected chi connectivity index (χ4v) is 5.11. The SMILES string of the molecule is CN1CCCC2(CC1)CCN(S(=O)(=O)C=Cc1ccccc1)CC2. The topological polar surface area (TPSA) is 40.6 Å². The summed E-state index contributed by atoms with van der Waals surface area (Å²) in [5, 5.41) is 1.36. The number of likely N-dealkylation sites (tertiary alicyclic amines) is 1. The molecule has 4 nitrogen and oxygen atoms in total. The smallest absolute Gasteiger partial charge is 0.236 e. The molecular formula is C19H28N2O2S. The minimum Gasteiger partial charge on any atom is -0.306 e. The van der Waals surface area contributed by atoms with Gasteiger partial charge < -0.3 is 4.90 Å². The number of nitrogens with zero attached hydrogens (tertiary/aromatic N) is 2. The lowest BCUT2D eigenvalue weighted by atomic mass is 9.73. The molecule has 2 aliphatic rings. The highest BCUT2D eigenvalue weighted by Gasteiger charge is 2.37. The van der Waals surface area contributed by atoms with Gasteiger partial charge in [0.1, 0.15) is 0 Å². The van der Waals surface area contributed by atoms with Gasteiger partial charge in [-0.25, -0.2) is 8.42 Å². The van der Waals surface area contributed by atoms with Crippen LogP contribution in [-0.2, 0) is 10.0 Å². The van der Waals surface area contributed by atoms with Gasteiger partial charge in [-0.1, -0.05) is 30.3 Å². The third-order valence-corrected chi connectivity index (χ3v) is 7.21. The van der Waals surface area contributed by atoms with Gasteiger partial charge in [-0.05, 0) is 69.3 Å². The maximum Gasteiger partial charge on any atom is 0.236 e. The largest absolute Gasteiger partial charge is 0.306 e. The first kappa shape index (κ1) is 17.6. The molecule has 2 aliphatic heterocycles. The Morgan fingerprint density at radius 2 is 1.62 bits per heavy atom. The molecule has 2 fully saturated rings. The van der Waals surface area contributed by atoms with Gasteiger partial charge in [0.25, 0.3) is 0 Å². The first-order chi connectivity index (χ1) is 11.5. The van der Waals surface area contributed by atoms with Crippen LogP contribution in [0.2, 0.25) is 0 Å². The van der Waals surface area contributed by atoms with Crippen molar-refractivity contribution in [2.24, 2.45) is 5.41 Å². The summed E-state index contributed by atoms with van der Waals surface area (Å²) in [5.74, 6) is 0. The Hall–Kier alpha value is -1.17. The van der Waals surface area contributed by atoms with Crippen molar-refractivity contribution in [3.63, 3.8) is 0 Å². The van der Waals surface area contributed by atoms with Crippen molar-refractivity contribution in [1.82, 2.24) is 9.21 Å². The van der Waals surface area contributed by atoms with Crippen molar-refractivity contribution in [2.45, 2.75) is 32.1 Å². The van der Waals surface area contributed by atoms with Crippen LogP contribution >= 0.6 is 0 Å². The second kappa shape index (κ2) is 7.38. The summed E-state index contributed by atoms with van der Waals surface area (Å²) < 4.78 is 26.8. The fraction of sp³-hybridized carbons (Fsp3) is 0.579. The van der Waals surface area contributed by atoms with E-state index >= 15 is 0 Å². The Balaban J connectivity index is 1.62. The summed E-state index contributed by atoms with van der Waals surface area (Å²) in [5.41, 5.74) is 1.28. The average molecular weight is 349 g/mol. The van der Waals surface area contributed by atoms with Crippen molar-refractivity contribution in [2.75, 3.05) is 33.2 Å². The van der Waals surface area contributed by atoms with Crippen LogP contribution in [0.3, 0.4) is 0 Å². The molecule has 0 aliphatic carbocycles. The van der Waals surface area contributed by atoms with Gasteiger partial charge in [-0.15, -0.1) is 0 Å². The van der Waals surface area contributed by atoms with E-state index in [2.05, 4.69) is 11.9 Å². The summed E-state index contributed by atoms with van der Waals surface area (Å²) in [6, 6.07) is 9.60. The van der Waals surface area contributed by atoms with E-state index in [0.717, 1.165) is 24.9 Å². The molecule has 2 heterocycles. The van der Waals surface area contributed by atoms with Gasteiger partial charge in [0.15, 0.2) is 0 Å². The van der Waals surface area contributed by atoms with Crippen LogP contribution in [0.1, 0.15) is 37.7 Å². The highest BCUT2D eigenvalue weighted by molar-refractivity contribution is 7.92. The number of benzene rings is 1. The van der Waals surface area contributed by atoms with Crippen LogP contribution in [0.15, 0.2) is 35.7 Å². The van der Waals surface area contributed by atoms with E-state index in [-0.39, 0.29) is 0 Å². The normalized spacial score (nSPS) is 23.5. The highest BCUT2D eigenvalue weighted by Crippen LogP contribution is 2.41. The molecule has 1 aromatic carbocycles. The van der Waals surface area contributed by atoms with E-state index in [4.69, 9.17) is 0 Å². The summed E-state index contributed by atoms with van der Waals surface area (Å²) in [4.78, 5) is 2.40. The van der Waals surface area contributed by atoms with Gasteiger partial charge in [0.05, 0.1) is 0 Å². The number of rotatable bonds is 3. The maximum absolute atomic E-state index is 12.6. The third-order valence-electron chi connectivity index (χ3n) is 5.65. The molecular weight excluding hydrogens is 320 g/mol. The van der Waals surface area contributed by atoms with Crippen molar-refractivity contribution in [3.8, 4) is 0 Å². The van der Waals surface area contributed by atoms with E-state index < -0.39 is 10.0 Å². The molecule has 0 aromatic heterocycles. The quantitative estimate of drug-likeness (QED) is 0.842. The van der Waals surface area contributed by atoms with Gasteiger partial charge in [-0.2, -0.15) is 4.31 Å². The van der Waals surface area contributed by atoms with E-state index in [9.17, 15) is 8.42 Å². The Morgan fingerprint density at radius 3 is 2.33 bits per heavy atom. The van der Waals surface area contributed by atoms with Gasteiger partial charge in [0, 0.05) is 18.5 Å². The lowest BCUT2D eigenvalue weighted by molar-refractivity contribution is 0.133. The van der Waals surface area contributed by atoms with Gasteiger partial charge >= 0.3 is 0 Å². The predicted octanol–water partition coefficient (Wildman–Crippen LogP) is 3.19. The molecule has 3 rings (SSSR count). The van der Waals surface area contributed by atoms with Crippen LogP contribution in [0.4, 0.5) is 0 Å². The van der Waals surface area contributed by atoms with E-state index in [1.165, 1.54) is 31.2 Å². The fourth-order valence-electron chi connectivity index (χ4n) is 3.92. The molecule has 0 unspecified atom stereocenters. The predicted molar refractivity (Wildman–Crippen MR) is 99.0 cm³/mol. The molecule has 1 spiro atoms. The number of piperidine rings is 1. The molecule has 0 saturated carbocycles. The molecule has 132 valence electrons. The lowest BCUT2D eigenvalue weighted by Gasteiger charge is -2.40. The standard InChI is InChI=1S/C19H28N2O2S/c1-20-13-5-9-19(10-14-20)11-15-21(16-12-19)24(22,23)17-8-18-6-3-2-4-7-18/h2-4,6-8,17H,5,9-16H2,1H3. The molecule has 0 N–H and O–H groups in total. The zero-order valence-corrected chi connectivity index (χ0v) is 15.3. The zero-order valence-electron chi connectivity index (χ0n) is 14.5. The van der Waals surface area contributed by atoms with Crippen molar-refractivity contribution < 1.29 is 8.42 Å². The first-order valence-corrected chi connectivity index (χ1v) is 10.4. The minimum absolute atomic E-state index is 0.361. The highest BCUT2D eigenvalue weighted by atomic mass is 32.2. The van der Waals surface area contributed by atoms with Crippen molar-refractivity contribution in [1.29, 1.82) is 0 Å². The molecule has 0 atom stereocenters. The Labute approximate surface area is 146 Å². The van der Waals surface area contributed by atoms with Gasteiger partial charge in [-0.3, -0.25) is 0 Å². The monoisotopic (exact) mass is 348 g/mol. The van der Waals surface area contributed by atoms with Crippen LogP contribution in [0.25, 0.3) is 6.08 Å². The van der Waals surface area contributed by atoms with Crippen molar-refractivity contribution in [3.05, 3.63) is 41.3 Å².